The van der Waals surface area contributed by atoms with Crippen LogP contribution in [-0.4, -0.2) is 11.4 Å². The molecule has 1 aromatic carbocycles. The smallest absolute Gasteiger partial charge is 0.120 e. The third-order valence-corrected chi connectivity index (χ3v) is 2.78. The Bertz CT molecular complexity index is 347. The van der Waals surface area contributed by atoms with Crippen molar-refractivity contribution in [2.24, 2.45) is 0 Å². The van der Waals surface area contributed by atoms with Gasteiger partial charge in [-0.05, 0) is 30.5 Å². The molecule has 0 amide bonds. The zero-order valence-electron chi connectivity index (χ0n) is 8.25. The van der Waals surface area contributed by atoms with E-state index in [9.17, 15) is 9.90 Å². The number of halogens is 1. The second kappa shape index (κ2) is 4.47. The number of phenolic OH excluding ortho intramolecular Hbond substituents is 1. The van der Waals surface area contributed by atoms with Gasteiger partial charge in [0.2, 0.25) is 0 Å². The monoisotopic (exact) mass is 212 g/mol. The van der Waals surface area contributed by atoms with Crippen molar-refractivity contribution in [1.82, 2.24) is 0 Å². The average molecular weight is 213 g/mol. The molecule has 0 heterocycles. The maximum Gasteiger partial charge on any atom is 0.120 e. The second-order valence-corrected chi connectivity index (χ2v) is 3.82. The molecule has 0 spiro atoms. The Labute approximate surface area is 88.5 Å². The molecule has 0 saturated heterocycles. The molecule has 0 saturated carbocycles. The molecule has 0 bridgehead atoms. The summed E-state index contributed by atoms with van der Waals surface area (Å²) in [5.74, 6) is 0.215. The lowest BCUT2D eigenvalue weighted by Crippen LogP contribution is -1.98. The minimum absolute atomic E-state index is 0.00574. The van der Waals surface area contributed by atoms with Crippen LogP contribution in [0.3, 0.4) is 0 Å². The Morgan fingerprint density at radius 1 is 1.57 bits per heavy atom. The van der Waals surface area contributed by atoms with Crippen molar-refractivity contribution >= 4 is 17.9 Å². The molecule has 0 aromatic heterocycles. The number of rotatable bonds is 3. The minimum atomic E-state index is 0.00574. The fourth-order valence-corrected chi connectivity index (χ4v) is 1.74. The number of carbonyl (C=O) groups is 1. The lowest BCUT2D eigenvalue weighted by molar-refractivity contribution is -0.108. The Balaban J connectivity index is 3.17. The summed E-state index contributed by atoms with van der Waals surface area (Å²) >= 11 is 5.93. The summed E-state index contributed by atoms with van der Waals surface area (Å²) in [5.41, 5.74) is 1.62. The molecule has 0 aliphatic rings. The van der Waals surface area contributed by atoms with Gasteiger partial charge in [-0.1, -0.05) is 18.5 Å². The summed E-state index contributed by atoms with van der Waals surface area (Å²) in [6.45, 7) is 3.74. The number of phenols is 1. The first-order valence-corrected chi connectivity index (χ1v) is 4.87. The lowest BCUT2D eigenvalue weighted by Gasteiger charge is -2.14. The van der Waals surface area contributed by atoms with E-state index in [-0.39, 0.29) is 11.7 Å². The van der Waals surface area contributed by atoms with Crippen LogP contribution in [0.5, 0.6) is 5.75 Å². The molecule has 0 aliphatic carbocycles. The van der Waals surface area contributed by atoms with E-state index in [1.165, 1.54) is 0 Å². The molecule has 14 heavy (non-hydrogen) atoms. The zero-order valence-corrected chi connectivity index (χ0v) is 9.01. The van der Waals surface area contributed by atoms with Crippen molar-refractivity contribution in [3.63, 3.8) is 0 Å². The van der Waals surface area contributed by atoms with Crippen LogP contribution in [0.4, 0.5) is 0 Å². The van der Waals surface area contributed by atoms with Gasteiger partial charge in [0.25, 0.3) is 0 Å². The third-order valence-electron chi connectivity index (χ3n) is 2.37. The summed E-state index contributed by atoms with van der Waals surface area (Å²) < 4.78 is 0. The van der Waals surface area contributed by atoms with Gasteiger partial charge in [-0.25, -0.2) is 0 Å². The standard InChI is InChI=1S/C11H13ClO2/c1-7(5-6-13)11-8(2)9(12)3-4-10(11)14/h3-4,6-7,14H,5H2,1-2H3. The van der Waals surface area contributed by atoms with Crippen LogP contribution in [0.25, 0.3) is 0 Å². The molecule has 1 unspecified atom stereocenters. The first-order chi connectivity index (χ1) is 6.57. The van der Waals surface area contributed by atoms with Crippen molar-refractivity contribution < 1.29 is 9.90 Å². The molecule has 1 aromatic rings. The lowest BCUT2D eigenvalue weighted by atomic mass is 9.93. The van der Waals surface area contributed by atoms with Crippen molar-refractivity contribution in [3.8, 4) is 5.75 Å². The Hall–Kier alpha value is -1.02. The molecular formula is C11H13ClO2. The van der Waals surface area contributed by atoms with E-state index >= 15 is 0 Å². The van der Waals surface area contributed by atoms with E-state index < -0.39 is 0 Å². The predicted octanol–water partition coefficient (Wildman–Crippen LogP) is 3.05. The molecule has 1 rings (SSSR count). The quantitative estimate of drug-likeness (QED) is 0.782. The first kappa shape index (κ1) is 11.1. The van der Waals surface area contributed by atoms with Crippen LogP contribution in [0.2, 0.25) is 5.02 Å². The summed E-state index contributed by atoms with van der Waals surface area (Å²) in [6.07, 6.45) is 1.25. The maximum atomic E-state index is 10.4. The molecule has 0 aliphatic heterocycles. The summed E-state index contributed by atoms with van der Waals surface area (Å²) in [4.78, 5) is 10.4. The van der Waals surface area contributed by atoms with Crippen LogP contribution in [0.1, 0.15) is 30.4 Å². The summed E-state index contributed by atoms with van der Waals surface area (Å²) in [5, 5.41) is 10.3. The fraction of sp³-hybridized carbons (Fsp3) is 0.364. The van der Waals surface area contributed by atoms with Gasteiger partial charge in [-0.15, -0.1) is 0 Å². The van der Waals surface area contributed by atoms with E-state index in [4.69, 9.17) is 11.6 Å². The highest BCUT2D eigenvalue weighted by molar-refractivity contribution is 6.31. The van der Waals surface area contributed by atoms with E-state index in [1.54, 1.807) is 12.1 Å². The number of hydrogen-bond donors (Lipinski definition) is 1. The molecule has 0 fully saturated rings. The van der Waals surface area contributed by atoms with Gasteiger partial charge in [-0.2, -0.15) is 0 Å². The third kappa shape index (κ3) is 2.07. The van der Waals surface area contributed by atoms with Gasteiger partial charge in [0.15, 0.2) is 0 Å². The van der Waals surface area contributed by atoms with Gasteiger partial charge in [0, 0.05) is 17.0 Å². The van der Waals surface area contributed by atoms with Crippen LogP contribution in [-0.2, 0) is 4.79 Å². The van der Waals surface area contributed by atoms with Crippen molar-refractivity contribution in [1.29, 1.82) is 0 Å². The van der Waals surface area contributed by atoms with E-state index in [1.807, 2.05) is 13.8 Å². The largest absolute Gasteiger partial charge is 0.508 e. The van der Waals surface area contributed by atoms with Crippen molar-refractivity contribution in [2.75, 3.05) is 0 Å². The predicted molar refractivity (Wildman–Crippen MR) is 56.9 cm³/mol. The van der Waals surface area contributed by atoms with E-state index in [0.29, 0.717) is 11.4 Å². The van der Waals surface area contributed by atoms with Crippen molar-refractivity contribution in [3.05, 3.63) is 28.3 Å². The van der Waals surface area contributed by atoms with Gasteiger partial charge in [0.05, 0.1) is 0 Å². The van der Waals surface area contributed by atoms with Gasteiger partial charge >= 0.3 is 0 Å². The Kier molecular flexibility index (Phi) is 3.53. The molecular weight excluding hydrogens is 200 g/mol. The molecule has 1 atom stereocenters. The fourth-order valence-electron chi connectivity index (χ4n) is 1.57. The second-order valence-electron chi connectivity index (χ2n) is 3.41. The first-order valence-electron chi connectivity index (χ1n) is 4.49. The number of benzene rings is 1. The number of aromatic hydroxyl groups is 1. The highest BCUT2D eigenvalue weighted by Gasteiger charge is 2.14. The SMILES string of the molecule is Cc1c(Cl)ccc(O)c1C(C)CC=O. The highest BCUT2D eigenvalue weighted by Crippen LogP contribution is 2.34. The van der Waals surface area contributed by atoms with Crippen LogP contribution in [0.15, 0.2) is 12.1 Å². The average Bonchev–Trinajstić information content (AvgIpc) is 2.13. The Morgan fingerprint density at radius 3 is 2.79 bits per heavy atom. The van der Waals surface area contributed by atoms with Gasteiger partial charge in [-0.3, -0.25) is 0 Å². The summed E-state index contributed by atoms with van der Waals surface area (Å²) in [7, 11) is 0. The highest BCUT2D eigenvalue weighted by atomic mass is 35.5. The maximum absolute atomic E-state index is 10.4. The normalized spacial score (nSPS) is 12.5. The van der Waals surface area contributed by atoms with Crippen LogP contribution < -0.4 is 0 Å². The molecule has 3 heteroatoms. The van der Waals surface area contributed by atoms with Gasteiger partial charge < -0.3 is 9.90 Å². The van der Waals surface area contributed by atoms with Crippen LogP contribution in [0, 0.1) is 6.92 Å². The molecule has 76 valence electrons. The molecule has 1 N–H and O–H groups in total. The van der Waals surface area contributed by atoms with Gasteiger partial charge in [0.1, 0.15) is 12.0 Å². The number of aldehydes is 1. The van der Waals surface area contributed by atoms with Crippen LogP contribution >= 0.6 is 11.6 Å². The molecule has 0 radical (unpaired) electrons. The number of hydrogen-bond acceptors (Lipinski definition) is 2. The summed E-state index contributed by atoms with van der Waals surface area (Å²) in [6, 6.07) is 3.22. The topological polar surface area (TPSA) is 37.3 Å². The zero-order chi connectivity index (χ0) is 10.7. The van der Waals surface area contributed by atoms with Crippen molar-refractivity contribution in [2.45, 2.75) is 26.2 Å². The van der Waals surface area contributed by atoms with E-state index in [2.05, 4.69) is 0 Å². The van der Waals surface area contributed by atoms with E-state index in [0.717, 1.165) is 17.4 Å². The minimum Gasteiger partial charge on any atom is -0.508 e. The number of carbonyl (C=O) groups excluding carboxylic acids is 1. The molecule has 2 nitrogen and oxygen atoms in total. The Morgan fingerprint density at radius 2 is 2.21 bits per heavy atom.